The maximum atomic E-state index is 13.1. The van der Waals surface area contributed by atoms with Crippen molar-refractivity contribution in [3.63, 3.8) is 0 Å². The number of hydrogen-bond acceptors (Lipinski definition) is 6. The van der Waals surface area contributed by atoms with Gasteiger partial charge in [0.15, 0.2) is 5.82 Å². The highest BCUT2D eigenvalue weighted by Crippen LogP contribution is 2.38. The number of benzene rings is 1. The average molecular weight is 398 g/mol. The molecule has 1 aromatic carbocycles. The van der Waals surface area contributed by atoms with E-state index in [0.29, 0.717) is 36.3 Å². The zero-order valence-corrected chi connectivity index (χ0v) is 16.8. The molecule has 1 unspecified atom stereocenters. The lowest BCUT2D eigenvalue weighted by Crippen LogP contribution is -2.47. The summed E-state index contributed by atoms with van der Waals surface area (Å²) in [5.74, 6) is 1.02. The van der Waals surface area contributed by atoms with E-state index < -0.39 is 11.5 Å². The van der Waals surface area contributed by atoms with Crippen LogP contribution in [0.5, 0.6) is 5.75 Å². The molecule has 0 bridgehead atoms. The van der Waals surface area contributed by atoms with Gasteiger partial charge in [-0.1, -0.05) is 30.1 Å². The van der Waals surface area contributed by atoms with E-state index >= 15 is 0 Å². The first-order valence-electron chi connectivity index (χ1n) is 10.2. The number of para-hydroxylation sites is 2. The number of rotatable bonds is 6. The van der Waals surface area contributed by atoms with Crippen LogP contribution in [0.25, 0.3) is 0 Å². The summed E-state index contributed by atoms with van der Waals surface area (Å²) in [6, 6.07) is 7.43. The molecular formula is C21H26N4O4. The molecule has 2 aliphatic rings. The Morgan fingerprint density at radius 2 is 2.10 bits per heavy atom. The Hall–Kier alpha value is -2.90. The van der Waals surface area contributed by atoms with Crippen LogP contribution in [-0.4, -0.2) is 35.1 Å². The van der Waals surface area contributed by atoms with E-state index in [2.05, 4.69) is 15.5 Å². The van der Waals surface area contributed by atoms with Gasteiger partial charge in [0.1, 0.15) is 11.3 Å². The zero-order valence-electron chi connectivity index (χ0n) is 16.8. The van der Waals surface area contributed by atoms with Crippen LogP contribution in [0.3, 0.4) is 0 Å². The summed E-state index contributed by atoms with van der Waals surface area (Å²) in [5, 5.41) is 7.23. The topological polar surface area (TPSA) is 97.6 Å². The van der Waals surface area contributed by atoms with Gasteiger partial charge in [0.25, 0.3) is 0 Å². The Morgan fingerprint density at radius 3 is 2.79 bits per heavy atom. The lowest BCUT2D eigenvalue weighted by molar-refractivity contribution is -0.128. The summed E-state index contributed by atoms with van der Waals surface area (Å²) in [6.45, 7) is 4.48. The molecule has 0 spiro atoms. The van der Waals surface area contributed by atoms with Crippen molar-refractivity contribution in [1.82, 2.24) is 15.5 Å². The van der Waals surface area contributed by atoms with Gasteiger partial charge in [0.2, 0.25) is 17.7 Å². The smallest absolute Gasteiger partial charge is 0.227 e. The number of carbonyl (C=O) groups excluding carboxylic acids is 2. The lowest BCUT2D eigenvalue weighted by Gasteiger charge is -2.28. The minimum atomic E-state index is -0.603. The largest absolute Gasteiger partial charge is 0.492 e. The van der Waals surface area contributed by atoms with E-state index in [-0.39, 0.29) is 18.2 Å². The second-order valence-electron chi connectivity index (χ2n) is 7.72. The molecule has 0 radical (unpaired) electrons. The first kappa shape index (κ1) is 19.4. The molecule has 154 valence electrons. The number of hydrogen-bond donors (Lipinski definition) is 1. The van der Waals surface area contributed by atoms with Crippen LogP contribution in [-0.2, 0) is 15.1 Å². The monoisotopic (exact) mass is 398 g/mol. The number of nitrogens with zero attached hydrogens (tertiary/aromatic N) is 3. The number of aromatic nitrogens is 2. The van der Waals surface area contributed by atoms with Gasteiger partial charge < -0.3 is 19.5 Å². The van der Waals surface area contributed by atoms with E-state index in [1.54, 1.807) is 11.8 Å². The summed E-state index contributed by atoms with van der Waals surface area (Å²) in [6.07, 6.45) is 3.70. The Balaban J connectivity index is 1.51. The van der Waals surface area contributed by atoms with Gasteiger partial charge in [-0.05, 0) is 31.9 Å². The SMILES string of the molecule is CCOc1ccccc1N1CC(C(=O)NC2(c3noc(C)n3)CCCC2)CC1=O. The highest BCUT2D eigenvalue weighted by Gasteiger charge is 2.44. The normalized spacial score (nSPS) is 20.8. The first-order chi connectivity index (χ1) is 14.0. The summed E-state index contributed by atoms with van der Waals surface area (Å²) in [5.41, 5.74) is 0.105. The highest BCUT2D eigenvalue weighted by atomic mass is 16.5. The van der Waals surface area contributed by atoms with Crippen molar-refractivity contribution in [2.24, 2.45) is 5.92 Å². The third-order valence-electron chi connectivity index (χ3n) is 5.73. The van der Waals surface area contributed by atoms with Gasteiger partial charge in [-0.25, -0.2) is 0 Å². The van der Waals surface area contributed by atoms with Crippen molar-refractivity contribution >= 4 is 17.5 Å². The summed E-state index contributed by atoms with van der Waals surface area (Å²) < 4.78 is 10.8. The van der Waals surface area contributed by atoms with E-state index in [1.165, 1.54) is 0 Å². The van der Waals surface area contributed by atoms with Crippen LogP contribution < -0.4 is 15.0 Å². The van der Waals surface area contributed by atoms with Crippen LogP contribution in [0, 0.1) is 12.8 Å². The molecule has 2 heterocycles. The number of ether oxygens (including phenoxy) is 1. The van der Waals surface area contributed by atoms with Gasteiger partial charge in [-0.3, -0.25) is 9.59 Å². The van der Waals surface area contributed by atoms with Gasteiger partial charge in [0, 0.05) is 19.9 Å². The number of nitrogens with one attached hydrogen (secondary N) is 1. The molecule has 1 aliphatic carbocycles. The molecule has 2 aromatic rings. The van der Waals surface area contributed by atoms with E-state index in [1.807, 2.05) is 31.2 Å². The standard InChI is InChI=1S/C21H26N4O4/c1-3-28-17-9-5-4-8-16(17)25-13-15(12-18(25)26)19(27)23-21(10-6-7-11-21)20-22-14(2)29-24-20/h4-5,8-9,15H,3,6-7,10-13H2,1-2H3,(H,23,27). The third kappa shape index (κ3) is 3.71. The maximum Gasteiger partial charge on any atom is 0.227 e. The fraction of sp³-hybridized carbons (Fsp3) is 0.524. The fourth-order valence-corrected chi connectivity index (χ4v) is 4.29. The highest BCUT2D eigenvalue weighted by molar-refractivity contribution is 6.01. The van der Waals surface area contributed by atoms with Crippen LogP contribution in [0.4, 0.5) is 5.69 Å². The number of amides is 2. The quantitative estimate of drug-likeness (QED) is 0.803. The molecule has 4 rings (SSSR count). The zero-order chi connectivity index (χ0) is 20.4. The van der Waals surface area contributed by atoms with Crippen molar-refractivity contribution in [1.29, 1.82) is 0 Å². The average Bonchev–Trinajstić information content (AvgIpc) is 3.43. The van der Waals surface area contributed by atoms with Crippen molar-refractivity contribution in [2.75, 3.05) is 18.1 Å². The van der Waals surface area contributed by atoms with Crippen LogP contribution in [0.2, 0.25) is 0 Å². The minimum absolute atomic E-state index is 0.0758. The molecule has 1 aromatic heterocycles. The first-order valence-corrected chi connectivity index (χ1v) is 10.2. The summed E-state index contributed by atoms with van der Waals surface area (Å²) >= 11 is 0. The Morgan fingerprint density at radius 1 is 1.34 bits per heavy atom. The van der Waals surface area contributed by atoms with Crippen molar-refractivity contribution < 1.29 is 18.8 Å². The molecule has 8 heteroatoms. The van der Waals surface area contributed by atoms with Crippen molar-refractivity contribution in [3.8, 4) is 5.75 Å². The molecule has 1 saturated heterocycles. The molecule has 1 aliphatic heterocycles. The molecule has 2 amide bonds. The van der Waals surface area contributed by atoms with Crippen molar-refractivity contribution in [3.05, 3.63) is 36.0 Å². The van der Waals surface area contributed by atoms with Crippen LogP contribution >= 0.6 is 0 Å². The second kappa shape index (κ2) is 7.85. The van der Waals surface area contributed by atoms with Crippen LogP contribution in [0.1, 0.15) is 50.7 Å². The molecule has 2 fully saturated rings. The Labute approximate surface area is 169 Å². The Kier molecular flexibility index (Phi) is 5.25. The number of aryl methyl sites for hydroxylation is 1. The predicted octanol–water partition coefficient (Wildman–Crippen LogP) is 2.72. The van der Waals surface area contributed by atoms with Gasteiger partial charge in [-0.2, -0.15) is 4.98 Å². The Bertz CT molecular complexity index is 904. The van der Waals surface area contributed by atoms with Crippen molar-refractivity contribution in [2.45, 2.75) is 51.5 Å². The molecule has 29 heavy (non-hydrogen) atoms. The fourth-order valence-electron chi connectivity index (χ4n) is 4.29. The summed E-state index contributed by atoms with van der Waals surface area (Å²) in [7, 11) is 0. The number of carbonyl (C=O) groups is 2. The lowest BCUT2D eigenvalue weighted by atomic mass is 9.94. The van der Waals surface area contributed by atoms with E-state index in [4.69, 9.17) is 9.26 Å². The minimum Gasteiger partial charge on any atom is -0.492 e. The van der Waals surface area contributed by atoms with E-state index in [9.17, 15) is 9.59 Å². The van der Waals surface area contributed by atoms with Crippen LogP contribution in [0.15, 0.2) is 28.8 Å². The molecular weight excluding hydrogens is 372 g/mol. The summed E-state index contributed by atoms with van der Waals surface area (Å²) in [4.78, 5) is 31.8. The van der Waals surface area contributed by atoms with Gasteiger partial charge in [0.05, 0.1) is 18.2 Å². The second-order valence-corrected chi connectivity index (χ2v) is 7.72. The maximum absolute atomic E-state index is 13.1. The molecule has 8 nitrogen and oxygen atoms in total. The predicted molar refractivity (Wildman–Crippen MR) is 105 cm³/mol. The molecule has 1 atom stereocenters. The van der Waals surface area contributed by atoms with E-state index in [0.717, 1.165) is 25.7 Å². The molecule has 1 N–H and O–H groups in total. The third-order valence-corrected chi connectivity index (χ3v) is 5.73. The molecule has 1 saturated carbocycles. The van der Waals surface area contributed by atoms with Gasteiger partial charge in [-0.15, -0.1) is 0 Å². The number of anilines is 1. The van der Waals surface area contributed by atoms with Gasteiger partial charge >= 0.3 is 0 Å².